The highest BCUT2D eigenvalue weighted by molar-refractivity contribution is 7.89. The molecule has 1 heterocycles. The minimum Gasteiger partial charge on any atom is -0.288 e. The summed E-state index contributed by atoms with van der Waals surface area (Å²) in [5, 5.41) is 8.72. The van der Waals surface area contributed by atoms with Gasteiger partial charge >= 0.3 is 0 Å². The number of nitrogens with zero attached hydrogens (tertiary/aromatic N) is 1. The summed E-state index contributed by atoms with van der Waals surface area (Å²) in [6.45, 7) is 3.01. The van der Waals surface area contributed by atoms with Crippen LogP contribution in [0.1, 0.15) is 30.1 Å². The quantitative estimate of drug-likeness (QED) is 0.649. The molecule has 1 aliphatic rings. The van der Waals surface area contributed by atoms with Gasteiger partial charge in [-0.2, -0.15) is 4.31 Å². The summed E-state index contributed by atoms with van der Waals surface area (Å²) in [7, 11) is -3.71. The predicted molar refractivity (Wildman–Crippen MR) is 72.9 cm³/mol. The first-order chi connectivity index (χ1) is 9.46. The highest BCUT2D eigenvalue weighted by atomic mass is 32.2. The average Bonchev–Trinajstić information content (AvgIpc) is 2.47. The molecule has 20 heavy (non-hydrogen) atoms. The third kappa shape index (κ3) is 2.84. The van der Waals surface area contributed by atoms with Crippen LogP contribution in [0.4, 0.5) is 0 Å². The van der Waals surface area contributed by atoms with Gasteiger partial charge in [0.25, 0.3) is 5.91 Å². The molecule has 1 aliphatic heterocycles. The van der Waals surface area contributed by atoms with Crippen molar-refractivity contribution in [3.05, 3.63) is 29.8 Å². The van der Waals surface area contributed by atoms with Crippen LogP contribution in [0.15, 0.2) is 29.2 Å². The summed E-state index contributed by atoms with van der Waals surface area (Å²) >= 11 is 0. The van der Waals surface area contributed by atoms with E-state index in [1.54, 1.807) is 12.1 Å². The number of nitrogens with one attached hydrogen (secondary N) is 1. The summed E-state index contributed by atoms with van der Waals surface area (Å²) in [6, 6.07) is 5.89. The number of hydrogen-bond acceptors (Lipinski definition) is 4. The van der Waals surface area contributed by atoms with Crippen LogP contribution in [-0.4, -0.2) is 36.9 Å². The van der Waals surface area contributed by atoms with E-state index < -0.39 is 15.9 Å². The van der Waals surface area contributed by atoms with E-state index in [2.05, 4.69) is 6.92 Å². The summed E-state index contributed by atoms with van der Waals surface area (Å²) in [4.78, 5) is 11.5. The standard InChI is InChI=1S/C13H18N2O4S/c1-10-6-8-15(9-7-10)20(18,19)12-5-3-2-4-11(12)13(16)14-17/h2-5,10,17H,6-9H2,1H3,(H,14,16). The minimum atomic E-state index is -3.71. The second-order valence-corrected chi connectivity index (χ2v) is 6.93. The van der Waals surface area contributed by atoms with Gasteiger partial charge in [-0.3, -0.25) is 10.0 Å². The lowest BCUT2D eigenvalue weighted by molar-refractivity contribution is 0.0702. The maximum atomic E-state index is 12.6. The molecule has 0 unspecified atom stereocenters. The van der Waals surface area contributed by atoms with Crippen LogP contribution in [0.3, 0.4) is 0 Å². The summed E-state index contributed by atoms with van der Waals surface area (Å²) < 4.78 is 26.6. The summed E-state index contributed by atoms with van der Waals surface area (Å²) in [6.07, 6.45) is 1.63. The SMILES string of the molecule is CC1CCN(S(=O)(=O)c2ccccc2C(=O)NO)CC1. The van der Waals surface area contributed by atoms with Gasteiger partial charge in [-0.25, -0.2) is 13.9 Å². The number of rotatable bonds is 3. The van der Waals surface area contributed by atoms with Crippen molar-refractivity contribution in [3.8, 4) is 0 Å². The van der Waals surface area contributed by atoms with Crippen LogP contribution in [0.25, 0.3) is 0 Å². The number of sulfonamides is 1. The molecule has 0 aliphatic carbocycles. The molecule has 0 atom stereocenters. The Labute approximate surface area is 118 Å². The summed E-state index contributed by atoms with van der Waals surface area (Å²) in [5.74, 6) is -0.313. The fourth-order valence-electron chi connectivity index (χ4n) is 2.30. The zero-order valence-corrected chi connectivity index (χ0v) is 12.1. The third-order valence-electron chi connectivity index (χ3n) is 3.59. The van der Waals surface area contributed by atoms with Crippen molar-refractivity contribution in [2.24, 2.45) is 5.92 Å². The zero-order valence-electron chi connectivity index (χ0n) is 11.2. The zero-order chi connectivity index (χ0) is 14.8. The third-order valence-corrected chi connectivity index (χ3v) is 5.55. The Morgan fingerprint density at radius 2 is 1.90 bits per heavy atom. The van der Waals surface area contributed by atoms with E-state index in [-0.39, 0.29) is 10.5 Å². The van der Waals surface area contributed by atoms with E-state index in [0.29, 0.717) is 19.0 Å². The van der Waals surface area contributed by atoms with Crippen LogP contribution < -0.4 is 5.48 Å². The molecular weight excluding hydrogens is 280 g/mol. The first kappa shape index (κ1) is 15.0. The lowest BCUT2D eigenvalue weighted by atomic mass is 10.0. The Kier molecular flexibility index (Phi) is 4.42. The Morgan fingerprint density at radius 3 is 2.50 bits per heavy atom. The molecular formula is C13H18N2O4S. The molecule has 0 spiro atoms. The number of hydroxylamine groups is 1. The highest BCUT2D eigenvalue weighted by Gasteiger charge is 2.31. The van der Waals surface area contributed by atoms with Crippen molar-refractivity contribution in [1.29, 1.82) is 0 Å². The number of benzene rings is 1. The van der Waals surface area contributed by atoms with Gasteiger partial charge in [0.2, 0.25) is 10.0 Å². The van der Waals surface area contributed by atoms with Gasteiger partial charge in [-0.1, -0.05) is 19.1 Å². The minimum absolute atomic E-state index is 0.0476. The van der Waals surface area contributed by atoms with Gasteiger partial charge in [0.05, 0.1) is 10.5 Å². The molecule has 6 nitrogen and oxygen atoms in total. The lowest BCUT2D eigenvalue weighted by Crippen LogP contribution is -2.38. The molecule has 0 aromatic heterocycles. The van der Waals surface area contributed by atoms with Gasteiger partial charge in [0, 0.05) is 13.1 Å². The van der Waals surface area contributed by atoms with Gasteiger partial charge < -0.3 is 0 Å². The molecule has 0 radical (unpaired) electrons. The number of carbonyl (C=O) groups excluding carboxylic acids is 1. The van der Waals surface area contributed by atoms with E-state index in [0.717, 1.165) is 12.8 Å². The lowest BCUT2D eigenvalue weighted by Gasteiger charge is -2.29. The molecule has 1 amide bonds. The van der Waals surface area contributed by atoms with Crippen molar-refractivity contribution in [2.45, 2.75) is 24.7 Å². The maximum absolute atomic E-state index is 12.6. The van der Waals surface area contributed by atoms with E-state index >= 15 is 0 Å². The fourth-order valence-corrected chi connectivity index (χ4v) is 3.96. The molecule has 1 saturated heterocycles. The molecule has 7 heteroatoms. The monoisotopic (exact) mass is 298 g/mol. The molecule has 2 N–H and O–H groups in total. The van der Waals surface area contributed by atoms with E-state index in [4.69, 9.17) is 5.21 Å². The topological polar surface area (TPSA) is 86.7 Å². The number of amides is 1. The van der Waals surface area contributed by atoms with Gasteiger partial charge in [0.15, 0.2) is 0 Å². The van der Waals surface area contributed by atoms with Crippen molar-refractivity contribution in [1.82, 2.24) is 9.79 Å². The van der Waals surface area contributed by atoms with Crippen LogP contribution >= 0.6 is 0 Å². The Balaban J connectivity index is 2.37. The van der Waals surface area contributed by atoms with Crippen LogP contribution in [0.5, 0.6) is 0 Å². The largest absolute Gasteiger partial charge is 0.288 e. The number of carbonyl (C=O) groups is 1. The molecule has 2 rings (SSSR count). The van der Waals surface area contributed by atoms with Crippen LogP contribution in [0, 0.1) is 5.92 Å². The van der Waals surface area contributed by atoms with Crippen molar-refractivity contribution < 1.29 is 18.4 Å². The fraction of sp³-hybridized carbons (Fsp3) is 0.462. The van der Waals surface area contributed by atoms with E-state index in [9.17, 15) is 13.2 Å². The molecule has 0 saturated carbocycles. The highest BCUT2D eigenvalue weighted by Crippen LogP contribution is 2.25. The Hall–Kier alpha value is -1.44. The Morgan fingerprint density at radius 1 is 1.30 bits per heavy atom. The maximum Gasteiger partial charge on any atom is 0.276 e. The van der Waals surface area contributed by atoms with Gasteiger partial charge in [-0.05, 0) is 30.9 Å². The van der Waals surface area contributed by atoms with Gasteiger partial charge in [-0.15, -0.1) is 0 Å². The predicted octanol–water partition coefficient (Wildman–Crippen LogP) is 1.23. The first-order valence-corrected chi connectivity index (χ1v) is 7.94. The van der Waals surface area contributed by atoms with Gasteiger partial charge in [0.1, 0.15) is 0 Å². The molecule has 1 fully saturated rings. The van der Waals surface area contributed by atoms with Crippen LogP contribution in [0.2, 0.25) is 0 Å². The smallest absolute Gasteiger partial charge is 0.276 e. The number of hydrogen-bond donors (Lipinski definition) is 2. The van der Waals surface area contributed by atoms with E-state index in [1.165, 1.54) is 21.9 Å². The van der Waals surface area contributed by atoms with Crippen molar-refractivity contribution >= 4 is 15.9 Å². The second-order valence-electron chi connectivity index (χ2n) is 5.02. The average molecular weight is 298 g/mol. The molecule has 1 aromatic rings. The first-order valence-electron chi connectivity index (χ1n) is 6.50. The van der Waals surface area contributed by atoms with Crippen molar-refractivity contribution in [3.63, 3.8) is 0 Å². The van der Waals surface area contributed by atoms with Crippen molar-refractivity contribution in [2.75, 3.05) is 13.1 Å². The second kappa shape index (κ2) is 5.90. The molecule has 0 bridgehead atoms. The Bertz CT molecular complexity index is 592. The normalized spacial score (nSPS) is 17.9. The summed E-state index contributed by atoms with van der Waals surface area (Å²) in [5.41, 5.74) is 1.43. The molecule has 1 aromatic carbocycles. The van der Waals surface area contributed by atoms with E-state index in [1.807, 2.05) is 0 Å². The number of piperidine rings is 1. The molecule has 110 valence electrons. The van der Waals surface area contributed by atoms with Crippen LogP contribution in [-0.2, 0) is 10.0 Å².